The van der Waals surface area contributed by atoms with Gasteiger partial charge in [-0.05, 0) is 49.3 Å². The van der Waals surface area contributed by atoms with E-state index in [9.17, 15) is 5.11 Å². The molecule has 0 aliphatic heterocycles. The summed E-state index contributed by atoms with van der Waals surface area (Å²) >= 11 is 1.76. The summed E-state index contributed by atoms with van der Waals surface area (Å²) in [5.41, 5.74) is 1.06. The molecule has 0 aliphatic carbocycles. The number of nitrogens with zero attached hydrogens (tertiary/aromatic N) is 1. The van der Waals surface area contributed by atoms with Gasteiger partial charge in [0, 0.05) is 16.8 Å². The second kappa shape index (κ2) is 6.52. The van der Waals surface area contributed by atoms with E-state index in [1.807, 2.05) is 18.2 Å². The van der Waals surface area contributed by atoms with Crippen LogP contribution in [0.3, 0.4) is 0 Å². The second-order valence-electron chi connectivity index (χ2n) is 4.13. The van der Waals surface area contributed by atoms with Gasteiger partial charge in [0.05, 0.1) is 6.10 Å². The number of rotatable bonds is 6. The van der Waals surface area contributed by atoms with Crippen LogP contribution in [0.25, 0.3) is 0 Å². The zero-order valence-electron chi connectivity index (χ0n) is 9.75. The molecule has 0 radical (unpaired) electrons. The van der Waals surface area contributed by atoms with Crippen molar-refractivity contribution in [2.45, 2.75) is 31.8 Å². The van der Waals surface area contributed by atoms with Crippen molar-refractivity contribution >= 4 is 11.3 Å². The van der Waals surface area contributed by atoms with Gasteiger partial charge in [-0.15, -0.1) is 11.3 Å². The Kier molecular flexibility index (Phi) is 4.71. The lowest BCUT2D eigenvalue weighted by Crippen LogP contribution is -2.09. The van der Waals surface area contributed by atoms with Gasteiger partial charge in [-0.2, -0.15) is 0 Å². The smallest absolute Gasteiger partial charge is 0.0547 e. The molecule has 2 aromatic heterocycles. The van der Waals surface area contributed by atoms with Crippen LogP contribution in [0, 0.1) is 0 Å². The summed E-state index contributed by atoms with van der Waals surface area (Å²) in [5.74, 6) is 0. The predicted molar refractivity (Wildman–Crippen MR) is 71.2 cm³/mol. The van der Waals surface area contributed by atoms with Gasteiger partial charge in [-0.3, -0.25) is 4.98 Å². The van der Waals surface area contributed by atoms with Crippen LogP contribution in [0.4, 0.5) is 0 Å². The van der Waals surface area contributed by atoms with Crippen molar-refractivity contribution in [2.75, 3.05) is 0 Å². The van der Waals surface area contributed by atoms with Crippen LogP contribution in [0.2, 0.25) is 0 Å². The van der Waals surface area contributed by atoms with E-state index in [0.717, 1.165) is 31.4 Å². The Morgan fingerprint density at radius 1 is 1.12 bits per heavy atom. The highest BCUT2D eigenvalue weighted by molar-refractivity contribution is 7.09. The normalized spacial score (nSPS) is 12.5. The van der Waals surface area contributed by atoms with E-state index in [4.69, 9.17) is 0 Å². The lowest BCUT2D eigenvalue weighted by atomic mass is 10.1. The molecule has 2 aromatic rings. The zero-order valence-corrected chi connectivity index (χ0v) is 10.6. The van der Waals surface area contributed by atoms with E-state index < -0.39 is 0 Å². The lowest BCUT2D eigenvalue weighted by Gasteiger charge is -2.09. The van der Waals surface area contributed by atoms with Gasteiger partial charge < -0.3 is 5.11 Å². The van der Waals surface area contributed by atoms with Gasteiger partial charge in [0.1, 0.15) is 0 Å². The van der Waals surface area contributed by atoms with Gasteiger partial charge >= 0.3 is 0 Å². The average Bonchev–Trinajstić information content (AvgIpc) is 2.88. The quantitative estimate of drug-likeness (QED) is 0.851. The molecule has 0 aliphatic rings. The van der Waals surface area contributed by atoms with E-state index >= 15 is 0 Å². The number of aliphatic hydroxyl groups excluding tert-OH is 1. The molecule has 2 heterocycles. The van der Waals surface area contributed by atoms with Gasteiger partial charge in [-0.1, -0.05) is 12.1 Å². The minimum absolute atomic E-state index is 0.223. The van der Waals surface area contributed by atoms with Crippen molar-refractivity contribution in [2.24, 2.45) is 0 Å². The van der Waals surface area contributed by atoms with Crippen molar-refractivity contribution in [3.63, 3.8) is 0 Å². The molecule has 0 fully saturated rings. The molecular formula is C14H17NOS. The third-order valence-corrected chi connectivity index (χ3v) is 3.70. The molecule has 90 valence electrons. The molecule has 3 heteroatoms. The molecule has 0 aromatic carbocycles. The van der Waals surface area contributed by atoms with Crippen molar-refractivity contribution < 1.29 is 5.11 Å². The number of aromatic nitrogens is 1. The topological polar surface area (TPSA) is 33.1 Å². The van der Waals surface area contributed by atoms with Gasteiger partial charge in [-0.25, -0.2) is 0 Å². The Morgan fingerprint density at radius 2 is 2.00 bits per heavy atom. The molecule has 0 amide bonds. The first-order chi connectivity index (χ1) is 8.34. The standard InChI is InChI=1S/C14H17NOS/c16-13(8-9-14-5-3-11-17-14)7-6-12-4-1-2-10-15-12/h1-5,10-11,13,16H,6-9H2. The summed E-state index contributed by atoms with van der Waals surface area (Å²) in [6.07, 6.45) is 5.04. The first-order valence-electron chi connectivity index (χ1n) is 5.95. The summed E-state index contributed by atoms with van der Waals surface area (Å²) in [7, 11) is 0. The van der Waals surface area contributed by atoms with Crippen LogP contribution >= 0.6 is 11.3 Å². The maximum Gasteiger partial charge on any atom is 0.0547 e. The van der Waals surface area contributed by atoms with Gasteiger partial charge in [0.15, 0.2) is 0 Å². The molecule has 0 bridgehead atoms. The minimum atomic E-state index is -0.223. The minimum Gasteiger partial charge on any atom is -0.393 e. The fourth-order valence-corrected chi connectivity index (χ4v) is 2.49. The number of aryl methyl sites for hydroxylation is 2. The molecule has 0 saturated carbocycles. The number of hydrogen-bond acceptors (Lipinski definition) is 3. The van der Waals surface area contributed by atoms with E-state index in [1.54, 1.807) is 17.5 Å². The SMILES string of the molecule is OC(CCc1ccccn1)CCc1cccs1. The highest BCUT2D eigenvalue weighted by atomic mass is 32.1. The third kappa shape index (κ3) is 4.29. The van der Waals surface area contributed by atoms with Crippen LogP contribution in [-0.2, 0) is 12.8 Å². The lowest BCUT2D eigenvalue weighted by molar-refractivity contribution is 0.155. The highest BCUT2D eigenvalue weighted by Gasteiger charge is 2.06. The van der Waals surface area contributed by atoms with E-state index in [2.05, 4.69) is 22.5 Å². The predicted octanol–water partition coefficient (Wildman–Crippen LogP) is 3.07. The Hall–Kier alpha value is -1.19. The summed E-state index contributed by atoms with van der Waals surface area (Å²) in [6.45, 7) is 0. The Labute approximate surface area is 106 Å². The molecule has 17 heavy (non-hydrogen) atoms. The van der Waals surface area contributed by atoms with Crippen LogP contribution in [-0.4, -0.2) is 16.2 Å². The van der Waals surface area contributed by atoms with Crippen LogP contribution in [0.5, 0.6) is 0 Å². The van der Waals surface area contributed by atoms with Crippen molar-refractivity contribution in [1.82, 2.24) is 4.98 Å². The maximum absolute atomic E-state index is 9.89. The van der Waals surface area contributed by atoms with Crippen LogP contribution in [0.1, 0.15) is 23.4 Å². The average molecular weight is 247 g/mol. The zero-order chi connectivity index (χ0) is 11.9. The Morgan fingerprint density at radius 3 is 2.71 bits per heavy atom. The maximum atomic E-state index is 9.89. The van der Waals surface area contributed by atoms with E-state index in [-0.39, 0.29) is 6.10 Å². The van der Waals surface area contributed by atoms with Crippen molar-refractivity contribution in [3.05, 3.63) is 52.5 Å². The first-order valence-corrected chi connectivity index (χ1v) is 6.83. The summed E-state index contributed by atoms with van der Waals surface area (Å²) in [4.78, 5) is 5.60. The molecule has 0 spiro atoms. The van der Waals surface area contributed by atoms with Crippen LogP contribution in [0.15, 0.2) is 41.9 Å². The van der Waals surface area contributed by atoms with E-state index in [0.29, 0.717) is 0 Å². The second-order valence-corrected chi connectivity index (χ2v) is 5.16. The Balaban J connectivity index is 1.69. The molecule has 1 unspecified atom stereocenters. The highest BCUT2D eigenvalue weighted by Crippen LogP contribution is 2.14. The molecular weight excluding hydrogens is 230 g/mol. The number of hydrogen-bond donors (Lipinski definition) is 1. The van der Waals surface area contributed by atoms with Crippen molar-refractivity contribution in [3.8, 4) is 0 Å². The van der Waals surface area contributed by atoms with Gasteiger partial charge in [0.2, 0.25) is 0 Å². The van der Waals surface area contributed by atoms with Crippen LogP contribution < -0.4 is 0 Å². The van der Waals surface area contributed by atoms with Gasteiger partial charge in [0.25, 0.3) is 0 Å². The molecule has 1 N–H and O–H groups in total. The molecule has 2 nitrogen and oxygen atoms in total. The third-order valence-electron chi connectivity index (χ3n) is 2.76. The van der Waals surface area contributed by atoms with Crippen molar-refractivity contribution in [1.29, 1.82) is 0 Å². The molecule has 2 rings (SSSR count). The molecule has 0 saturated heterocycles. The Bertz CT molecular complexity index is 413. The fourth-order valence-electron chi connectivity index (χ4n) is 1.77. The largest absolute Gasteiger partial charge is 0.393 e. The molecule has 1 atom stereocenters. The first kappa shape index (κ1) is 12.3. The monoisotopic (exact) mass is 247 g/mol. The summed E-state index contributed by atoms with van der Waals surface area (Å²) in [6, 6.07) is 10.1. The summed E-state index contributed by atoms with van der Waals surface area (Å²) in [5, 5.41) is 12.0. The fraction of sp³-hybridized carbons (Fsp3) is 0.357. The van der Waals surface area contributed by atoms with E-state index in [1.165, 1.54) is 4.88 Å². The number of thiophene rings is 1. The summed E-state index contributed by atoms with van der Waals surface area (Å²) < 4.78 is 0. The number of aliphatic hydroxyl groups is 1. The number of pyridine rings is 1.